The molecule has 1 aromatic carbocycles. The molecule has 1 aliphatic rings. The monoisotopic (exact) mass is 431 g/mol. The predicted octanol–water partition coefficient (Wildman–Crippen LogP) is 5.33. The highest BCUT2D eigenvalue weighted by atomic mass is 32.2. The normalized spacial score (nSPS) is 16.3. The molecule has 1 aromatic rings. The molecule has 5 nitrogen and oxygen atoms in total. The van der Waals surface area contributed by atoms with Crippen molar-refractivity contribution >= 4 is 29.7 Å². The Balaban J connectivity index is 2.38. The van der Waals surface area contributed by atoms with Crippen molar-refractivity contribution in [2.24, 2.45) is 0 Å². The summed E-state index contributed by atoms with van der Waals surface area (Å²) in [6, 6.07) is 3.90. The Labute approximate surface area is 184 Å². The van der Waals surface area contributed by atoms with Crippen LogP contribution in [0.2, 0.25) is 0 Å². The van der Waals surface area contributed by atoms with Gasteiger partial charge in [-0.15, -0.1) is 0 Å². The molecular weight excluding hydrogens is 398 g/mol. The maximum atomic E-state index is 12.9. The molecule has 0 fully saturated rings. The minimum absolute atomic E-state index is 0.144. The van der Waals surface area contributed by atoms with Crippen LogP contribution in [0.25, 0.3) is 6.08 Å². The number of phenolic OH excluding ortho intramolecular Hbond substituents is 1. The lowest BCUT2D eigenvalue weighted by Crippen LogP contribution is -2.30. The van der Waals surface area contributed by atoms with E-state index in [0.717, 1.165) is 16.7 Å². The van der Waals surface area contributed by atoms with Crippen molar-refractivity contribution in [1.82, 2.24) is 4.90 Å². The lowest BCUT2D eigenvalue weighted by atomic mass is 9.78. The molecule has 1 amide bonds. The summed E-state index contributed by atoms with van der Waals surface area (Å²) in [6.07, 6.45) is 3.71. The largest absolute Gasteiger partial charge is 0.507 e. The summed E-state index contributed by atoms with van der Waals surface area (Å²) >= 11 is 1.36. The third kappa shape index (κ3) is 5.91. The molecule has 0 bridgehead atoms. The Morgan fingerprint density at radius 1 is 1.13 bits per heavy atom. The Morgan fingerprint density at radius 2 is 1.70 bits per heavy atom. The number of phenols is 1. The summed E-state index contributed by atoms with van der Waals surface area (Å²) in [5.74, 6) is -0.143. The van der Waals surface area contributed by atoms with Crippen LogP contribution in [0.4, 0.5) is 0 Å². The molecule has 1 heterocycles. The van der Waals surface area contributed by atoms with E-state index in [9.17, 15) is 14.7 Å². The van der Waals surface area contributed by atoms with E-state index >= 15 is 0 Å². The van der Waals surface area contributed by atoms with Crippen LogP contribution >= 0.6 is 11.8 Å². The van der Waals surface area contributed by atoms with E-state index in [1.807, 2.05) is 23.6 Å². The van der Waals surface area contributed by atoms with Gasteiger partial charge in [-0.3, -0.25) is 9.59 Å². The number of ether oxygens (including phenoxy) is 1. The SMILES string of the molecule is CCOC(=O)CCN1C=CSC(=Cc2cc(C(C)(C)C)c(O)c(C(C)(C)C)c2)C1=O. The number of thioether (sulfide) groups is 1. The smallest absolute Gasteiger partial charge is 0.307 e. The Morgan fingerprint density at radius 3 is 2.20 bits per heavy atom. The van der Waals surface area contributed by atoms with Gasteiger partial charge in [0, 0.05) is 23.9 Å². The molecule has 1 N–H and O–H groups in total. The molecule has 0 unspecified atom stereocenters. The highest BCUT2D eigenvalue weighted by molar-refractivity contribution is 8.06. The van der Waals surface area contributed by atoms with Crippen LogP contribution in [-0.4, -0.2) is 35.0 Å². The van der Waals surface area contributed by atoms with Crippen molar-refractivity contribution in [3.8, 4) is 5.75 Å². The summed E-state index contributed by atoms with van der Waals surface area (Å²) in [5.41, 5.74) is 2.09. The number of rotatable bonds is 5. The molecule has 0 atom stereocenters. The fraction of sp³-hybridized carbons (Fsp3) is 0.500. The standard InChI is InChI=1S/C24H33NO4S/c1-8-29-20(26)9-10-25-11-12-30-19(22(25)28)15-16-13-17(23(2,3)4)21(27)18(14-16)24(5,6)7/h11-15,27H,8-10H2,1-7H3. The van der Waals surface area contributed by atoms with E-state index in [4.69, 9.17) is 4.74 Å². The lowest BCUT2D eigenvalue weighted by Gasteiger charge is -2.28. The minimum Gasteiger partial charge on any atom is -0.507 e. The quantitative estimate of drug-likeness (QED) is 0.504. The van der Waals surface area contributed by atoms with E-state index in [0.29, 0.717) is 17.3 Å². The number of carbonyl (C=O) groups is 2. The molecule has 30 heavy (non-hydrogen) atoms. The van der Waals surface area contributed by atoms with Crippen LogP contribution in [0, 0.1) is 0 Å². The maximum absolute atomic E-state index is 12.9. The highest BCUT2D eigenvalue weighted by Crippen LogP contribution is 2.40. The van der Waals surface area contributed by atoms with Crippen LogP contribution < -0.4 is 0 Å². The summed E-state index contributed by atoms with van der Waals surface area (Å²) < 4.78 is 4.95. The average Bonchev–Trinajstić information content (AvgIpc) is 2.62. The lowest BCUT2D eigenvalue weighted by molar-refractivity contribution is -0.143. The van der Waals surface area contributed by atoms with Gasteiger partial charge in [-0.05, 0) is 46.9 Å². The van der Waals surface area contributed by atoms with E-state index in [-0.39, 0.29) is 35.7 Å². The van der Waals surface area contributed by atoms with E-state index in [1.54, 1.807) is 13.1 Å². The summed E-state index contributed by atoms with van der Waals surface area (Å²) in [7, 11) is 0. The number of amides is 1. The molecule has 0 saturated heterocycles. The van der Waals surface area contributed by atoms with Gasteiger partial charge in [0.2, 0.25) is 0 Å². The third-order valence-electron chi connectivity index (χ3n) is 4.82. The zero-order valence-corrected chi connectivity index (χ0v) is 19.9. The minimum atomic E-state index is -0.314. The van der Waals surface area contributed by atoms with Crippen molar-refractivity contribution in [3.05, 3.63) is 45.3 Å². The van der Waals surface area contributed by atoms with Gasteiger partial charge >= 0.3 is 5.97 Å². The summed E-state index contributed by atoms with van der Waals surface area (Å²) in [5, 5.41) is 12.7. The number of carbonyl (C=O) groups excluding carboxylic acids is 2. The third-order valence-corrected chi connectivity index (χ3v) is 5.62. The number of benzene rings is 1. The van der Waals surface area contributed by atoms with Crippen LogP contribution in [0.3, 0.4) is 0 Å². The van der Waals surface area contributed by atoms with Gasteiger partial charge in [-0.1, -0.05) is 53.3 Å². The first-order valence-corrected chi connectivity index (χ1v) is 11.1. The van der Waals surface area contributed by atoms with Crippen LogP contribution in [0.15, 0.2) is 28.6 Å². The van der Waals surface area contributed by atoms with Gasteiger partial charge < -0.3 is 14.7 Å². The second kappa shape index (κ2) is 9.29. The molecule has 0 aliphatic carbocycles. The topological polar surface area (TPSA) is 66.8 Å². The number of esters is 1. The van der Waals surface area contributed by atoms with E-state index in [2.05, 4.69) is 41.5 Å². The van der Waals surface area contributed by atoms with Gasteiger partial charge in [0.15, 0.2) is 0 Å². The van der Waals surface area contributed by atoms with Gasteiger partial charge in [0.05, 0.1) is 17.9 Å². The van der Waals surface area contributed by atoms with E-state index < -0.39 is 0 Å². The first kappa shape index (κ1) is 24.1. The van der Waals surface area contributed by atoms with Crippen LogP contribution in [-0.2, 0) is 25.2 Å². The Bertz CT molecular complexity index is 837. The van der Waals surface area contributed by atoms with Gasteiger partial charge in [0.25, 0.3) is 5.91 Å². The van der Waals surface area contributed by atoms with Gasteiger partial charge in [0.1, 0.15) is 5.75 Å². The maximum Gasteiger partial charge on any atom is 0.307 e. The highest BCUT2D eigenvalue weighted by Gasteiger charge is 2.27. The van der Waals surface area contributed by atoms with Crippen LogP contribution in [0.5, 0.6) is 5.75 Å². The molecule has 2 rings (SSSR count). The number of aromatic hydroxyl groups is 1. The van der Waals surface area contributed by atoms with Gasteiger partial charge in [-0.25, -0.2) is 0 Å². The summed E-state index contributed by atoms with van der Waals surface area (Å²) in [4.78, 5) is 26.7. The Kier molecular flexibility index (Phi) is 7.45. The second-order valence-electron chi connectivity index (χ2n) is 9.43. The summed E-state index contributed by atoms with van der Waals surface area (Å²) in [6.45, 7) is 14.7. The zero-order valence-electron chi connectivity index (χ0n) is 19.0. The molecule has 0 radical (unpaired) electrons. The molecule has 6 heteroatoms. The predicted molar refractivity (Wildman–Crippen MR) is 123 cm³/mol. The van der Waals surface area contributed by atoms with Crippen molar-refractivity contribution in [1.29, 1.82) is 0 Å². The average molecular weight is 432 g/mol. The fourth-order valence-corrected chi connectivity index (χ4v) is 3.97. The number of hydrogen-bond donors (Lipinski definition) is 1. The zero-order chi connectivity index (χ0) is 22.7. The van der Waals surface area contributed by atoms with Crippen molar-refractivity contribution in [2.75, 3.05) is 13.2 Å². The molecule has 0 spiro atoms. The van der Waals surface area contributed by atoms with E-state index in [1.165, 1.54) is 16.7 Å². The molecule has 0 saturated carbocycles. The fourth-order valence-electron chi connectivity index (χ4n) is 3.19. The molecular formula is C24H33NO4S. The number of nitrogens with zero attached hydrogens (tertiary/aromatic N) is 1. The molecule has 0 aromatic heterocycles. The second-order valence-corrected chi connectivity index (χ2v) is 10.4. The molecule has 1 aliphatic heterocycles. The number of hydrogen-bond acceptors (Lipinski definition) is 5. The van der Waals surface area contributed by atoms with Crippen molar-refractivity contribution in [2.45, 2.75) is 65.7 Å². The van der Waals surface area contributed by atoms with Crippen molar-refractivity contribution in [3.63, 3.8) is 0 Å². The first-order chi connectivity index (χ1) is 13.8. The molecule has 164 valence electrons. The Hall–Kier alpha value is -2.21. The first-order valence-electron chi connectivity index (χ1n) is 10.2. The van der Waals surface area contributed by atoms with Crippen molar-refractivity contribution < 1.29 is 19.4 Å². The van der Waals surface area contributed by atoms with Crippen LogP contribution in [0.1, 0.15) is 71.6 Å². The van der Waals surface area contributed by atoms with Gasteiger partial charge in [-0.2, -0.15) is 0 Å².